The third-order valence-electron chi connectivity index (χ3n) is 7.53. The second-order valence-electron chi connectivity index (χ2n) is 9.92. The molecule has 0 N–H and O–H groups in total. The zero-order chi connectivity index (χ0) is 23.8. The van der Waals surface area contributed by atoms with Crippen molar-refractivity contribution < 1.29 is 0 Å². The lowest BCUT2D eigenvalue weighted by Gasteiger charge is -2.49. The first-order chi connectivity index (χ1) is 15.5. The zero-order valence-corrected chi connectivity index (χ0v) is 22.5. The molecule has 2 nitrogen and oxygen atoms in total. The van der Waals surface area contributed by atoms with Crippen molar-refractivity contribution in [3.63, 3.8) is 0 Å². The molecule has 184 valence electrons. The highest BCUT2D eigenvalue weighted by molar-refractivity contribution is 5.58. The molecule has 0 radical (unpaired) electrons. The summed E-state index contributed by atoms with van der Waals surface area (Å²) in [5, 5.41) is 0. The maximum absolute atomic E-state index is 4.65. The maximum Gasteiger partial charge on any atom is 0.0891 e. The molecule has 1 rings (SSSR count). The van der Waals surface area contributed by atoms with Crippen molar-refractivity contribution in [1.82, 2.24) is 4.90 Å². The van der Waals surface area contributed by atoms with Crippen LogP contribution in [0.4, 0.5) is 0 Å². The molecule has 0 bridgehead atoms. The fourth-order valence-corrected chi connectivity index (χ4v) is 5.88. The summed E-state index contributed by atoms with van der Waals surface area (Å²) in [6.45, 7) is 19.7. The van der Waals surface area contributed by atoms with E-state index in [4.69, 9.17) is 0 Å². The number of hydrogen-bond donors (Lipinski definition) is 0. The van der Waals surface area contributed by atoms with Gasteiger partial charge in [-0.25, -0.2) is 0 Å². The van der Waals surface area contributed by atoms with E-state index in [2.05, 4.69) is 82.6 Å². The Balaban J connectivity index is 3.62. The number of hydrogen-bond acceptors (Lipinski definition) is 1. The van der Waals surface area contributed by atoms with Crippen molar-refractivity contribution in [2.45, 2.75) is 119 Å². The highest BCUT2D eigenvalue weighted by Gasteiger charge is 2.48. The molecule has 0 spiro atoms. The Morgan fingerprint density at radius 2 is 1.78 bits per heavy atom. The topological polar surface area (TPSA) is 15.6 Å². The molecular weight excluding hydrogens is 388 g/mol. The molecule has 0 aromatic carbocycles. The van der Waals surface area contributed by atoms with Gasteiger partial charge in [0.05, 0.1) is 6.34 Å². The number of rotatable bonds is 17. The molecule has 1 aliphatic rings. The van der Waals surface area contributed by atoms with Gasteiger partial charge in [-0.15, -0.1) is 0 Å². The molecule has 32 heavy (non-hydrogen) atoms. The van der Waals surface area contributed by atoms with Gasteiger partial charge in [0.1, 0.15) is 0 Å². The third kappa shape index (κ3) is 8.23. The summed E-state index contributed by atoms with van der Waals surface area (Å²) in [5.74, 6) is 1.45. The quantitative estimate of drug-likeness (QED) is 0.0947. The summed E-state index contributed by atoms with van der Waals surface area (Å²) in [4.78, 5) is 7.02. The fourth-order valence-electron chi connectivity index (χ4n) is 5.88. The standard InChI is InChI=1S/C30H54N2/c1-8-13-15-20-27(11-4)30(29-22-17-18-23-29,24-32(26(6)7)25-31-12-5)28(19-10-3)21-16-14-9-2/h11,15,20,25,28-29H,6,8-10,12-14,16-19,21-24H2,1-5,7H3/b20-15-,27-11+,31-25?. The first kappa shape index (κ1) is 28.7. The lowest BCUT2D eigenvalue weighted by Crippen LogP contribution is -2.47. The van der Waals surface area contributed by atoms with Crippen LogP contribution in [-0.2, 0) is 0 Å². The summed E-state index contributed by atoms with van der Waals surface area (Å²) >= 11 is 0. The first-order valence-corrected chi connectivity index (χ1v) is 13.8. The van der Waals surface area contributed by atoms with Crippen LogP contribution < -0.4 is 0 Å². The van der Waals surface area contributed by atoms with Crippen LogP contribution in [0.2, 0.25) is 0 Å². The van der Waals surface area contributed by atoms with Crippen molar-refractivity contribution in [2.24, 2.45) is 22.2 Å². The number of nitrogens with zero attached hydrogens (tertiary/aromatic N) is 2. The van der Waals surface area contributed by atoms with Gasteiger partial charge in [0, 0.05) is 24.2 Å². The molecule has 0 saturated heterocycles. The van der Waals surface area contributed by atoms with Crippen molar-refractivity contribution >= 4 is 6.34 Å². The largest absolute Gasteiger partial charge is 0.336 e. The third-order valence-corrected chi connectivity index (χ3v) is 7.53. The minimum atomic E-state index is 0.165. The SMILES string of the molecule is C=C(C)N(C=NCC)CC(C(/C=C\CCC)=C/C)(C(CCC)CCCCC)C1CCCC1. The van der Waals surface area contributed by atoms with Gasteiger partial charge in [-0.2, -0.15) is 0 Å². The van der Waals surface area contributed by atoms with E-state index in [1.807, 2.05) is 0 Å². The molecule has 2 unspecified atom stereocenters. The van der Waals surface area contributed by atoms with Crippen LogP contribution in [0.3, 0.4) is 0 Å². The minimum Gasteiger partial charge on any atom is -0.336 e. The Labute approximate surface area is 201 Å². The van der Waals surface area contributed by atoms with E-state index in [0.717, 1.165) is 31.1 Å². The second kappa shape index (κ2) is 16.3. The van der Waals surface area contributed by atoms with Crippen LogP contribution >= 0.6 is 0 Å². The van der Waals surface area contributed by atoms with Gasteiger partial charge in [-0.3, -0.25) is 4.99 Å². The van der Waals surface area contributed by atoms with Gasteiger partial charge < -0.3 is 4.90 Å². The molecule has 0 aromatic rings. The molecule has 0 aliphatic heterocycles. The lowest BCUT2D eigenvalue weighted by molar-refractivity contribution is 0.0811. The monoisotopic (exact) mass is 442 g/mol. The van der Waals surface area contributed by atoms with Crippen molar-refractivity contribution in [2.75, 3.05) is 13.1 Å². The zero-order valence-electron chi connectivity index (χ0n) is 22.5. The van der Waals surface area contributed by atoms with E-state index in [0.29, 0.717) is 5.92 Å². The predicted octanol–water partition coefficient (Wildman–Crippen LogP) is 9.35. The second-order valence-corrected chi connectivity index (χ2v) is 9.92. The van der Waals surface area contributed by atoms with Crippen LogP contribution in [0.1, 0.15) is 119 Å². The van der Waals surface area contributed by atoms with Crippen molar-refractivity contribution in [1.29, 1.82) is 0 Å². The van der Waals surface area contributed by atoms with Crippen LogP contribution in [0.25, 0.3) is 0 Å². The number of allylic oxidation sites excluding steroid dienone is 4. The van der Waals surface area contributed by atoms with Crippen molar-refractivity contribution in [3.8, 4) is 0 Å². The van der Waals surface area contributed by atoms with E-state index in [1.54, 1.807) is 5.57 Å². The minimum absolute atomic E-state index is 0.165. The van der Waals surface area contributed by atoms with Gasteiger partial charge in [-0.05, 0) is 70.3 Å². The summed E-state index contributed by atoms with van der Waals surface area (Å²) in [7, 11) is 0. The average Bonchev–Trinajstić information content (AvgIpc) is 3.32. The van der Waals surface area contributed by atoms with Gasteiger partial charge in [-0.1, -0.05) is 90.5 Å². The summed E-state index contributed by atoms with van der Waals surface area (Å²) in [6, 6.07) is 0. The highest BCUT2D eigenvalue weighted by atomic mass is 15.2. The normalized spacial score (nSPS) is 18.5. The molecule has 2 heteroatoms. The molecule has 0 amide bonds. The van der Waals surface area contributed by atoms with Crippen LogP contribution in [0.5, 0.6) is 0 Å². The van der Waals surface area contributed by atoms with Gasteiger partial charge >= 0.3 is 0 Å². The summed E-state index contributed by atoms with van der Waals surface area (Å²) < 4.78 is 0. The van der Waals surface area contributed by atoms with E-state index in [-0.39, 0.29) is 5.41 Å². The highest BCUT2D eigenvalue weighted by Crippen LogP contribution is 2.54. The van der Waals surface area contributed by atoms with E-state index in [1.165, 1.54) is 70.6 Å². The maximum atomic E-state index is 4.65. The Bertz CT molecular complexity index is 594. The average molecular weight is 443 g/mol. The van der Waals surface area contributed by atoms with Gasteiger partial charge in [0.25, 0.3) is 0 Å². The van der Waals surface area contributed by atoms with Crippen LogP contribution in [0, 0.1) is 17.3 Å². The molecule has 1 aliphatic carbocycles. The summed E-state index contributed by atoms with van der Waals surface area (Å²) in [5.41, 5.74) is 2.85. The summed E-state index contributed by atoms with van der Waals surface area (Å²) in [6.07, 6.45) is 25.2. The Morgan fingerprint density at radius 3 is 2.31 bits per heavy atom. The van der Waals surface area contributed by atoms with Crippen LogP contribution in [0.15, 0.2) is 41.1 Å². The molecule has 0 heterocycles. The first-order valence-electron chi connectivity index (χ1n) is 13.8. The Kier molecular flexibility index (Phi) is 14.7. The fraction of sp³-hybridized carbons (Fsp3) is 0.767. The predicted molar refractivity (Wildman–Crippen MR) is 145 cm³/mol. The van der Waals surface area contributed by atoms with E-state index < -0.39 is 0 Å². The van der Waals surface area contributed by atoms with Gasteiger partial charge in [0.15, 0.2) is 0 Å². The number of aliphatic imine (C=N–C) groups is 1. The smallest absolute Gasteiger partial charge is 0.0891 e. The Morgan fingerprint density at radius 1 is 1.06 bits per heavy atom. The van der Waals surface area contributed by atoms with Gasteiger partial charge in [0.2, 0.25) is 0 Å². The van der Waals surface area contributed by atoms with E-state index in [9.17, 15) is 0 Å². The van der Waals surface area contributed by atoms with E-state index >= 15 is 0 Å². The molecule has 1 saturated carbocycles. The van der Waals surface area contributed by atoms with Crippen LogP contribution in [-0.4, -0.2) is 24.3 Å². The Hall–Kier alpha value is -1.31. The lowest BCUT2D eigenvalue weighted by atomic mass is 9.58. The number of unbranched alkanes of at least 4 members (excludes halogenated alkanes) is 3. The molecule has 0 aromatic heterocycles. The molecular formula is C30H54N2. The van der Waals surface area contributed by atoms with Crippen molar-refractivity contribution in [3.05, 3.63) is 36.1 Å². The molecule has 1 fully saturated rings. The molecule has 2 atom stereocenters.